The van der Waals surface area contributed by atoms with Crippen molar-refractivity contribution in [3.63, 3.8) is 0 Å². The lowest BCUT2D eigenvalue weighted by Crippen LogP contribution is -2.22. The summed E-state index contributed by atoms with van der Waals surface area (Å²) in [4.78, 5) is 12.4. The van der Waals surface area contributed by atoms with Gasteiger partial charge in [-0.05, 0) is 12.1 Å². The van der Waals surface area contributed by atoms with Gasteiger partial charge in [-0.2, -0.15) is 0 Å². The van der Waals surface area contributed by atoms with E-state index in [0.717, 1.165) is 16.4 Å². The number of rotatable bonds is 0. The van der Waals surface area contributed by atoms with Gasteiger partial charge in [-0.1, -0.05) is 24.3 Å². The van der Waals surface area contributed by atoms with Gasteiger partial charge in [0.15, 0.2) is 5.78 Å². The molecule has 3 nitrogen and oxygen atoms in total. The zero-order valence-corrected chi connectivity index (χ0v) is 10.5. The fourth-order valence-corrected chi connectivity index (χ4v) is 2.90. The van der Waals surface area contributed by atoms with Crippen LogP contribution in [0.3, 0.4) is 0 Å². The third kappa shape index (κ3) is 1.31. The van der Waals surface area contributed by atoms with E-state index < -0.39 is 0 Å². The second-order valence-corrected chi connectivity index (χ2v) is 4.74. The first-order valence-electron chi connectivity index (χ1n) is 5.52. The van der Waals surface area contributed by atoms with E-state index in [0.29, 0.717) is 22.5 Å². The molecule has 1 aliphatic rings. The summed E-state index contributed by atoms with van der Waals surface area (Å²) in [7, 11) is 3.58. The Morgan fingerprint density at radius 2 is 1.28 bits per heavy atom. The molecule has 0 saturated carbocycles. The molecule has 0 amide bonds. The van der Waals surface area contributed by atoms with Crippen molar-refractivity contribution in [3.8, 4) is 0 Å². The maximum atomic E-state index is 12.4. The first kappa shape index (κ1) is 11.0. The molecular weight excluding hydrogens is 243 g/mol. The lowest BCUT2D eigenvalue weighted by molar-refractivity contribution is 0.103. The molecule has 0 spiro atoms. The summed E-state index contributed by atoms with van der Waals surface area (Å²) >= 11 is 0. The molecule has 0 radical (unpaired) electrons. The van der Waals surface area contributed by atoms with Gasteiger partial charge >= 0.3 is 0 Å². The average molecular weight is 254 g/mol. The normalized spacial score (nSPS) is 13.1. The Hall–Kier alpha value is -2.12. The van der Waals surface area contributed by atoms with Crippen LogP contribution in [0.25, 0.3) is 0 Å². The number of hydrogen-bond donors (Lipinski definition) is 2. The Morgan fingerprint density at radius 3 is 1.72 bits per heavy atom. The summed E-state index contributed by atoms with van der Waals surface area (Å²) in [5, 5.41) is 0.774. The number of anilines is 2. The quantitative estimate of drug-likeness (QED) is 0.477. The molecule has 18 heavy (non-hydrogen) atoms. The molecule has 0 aliphatic heterocycles. The Labute approximate surface area is 107 Å². The molecule has 4 heteroatoms. The monoisotopic (exact) mass is 254 g/mol. The van der Waals surface area contributed by atoms with Crippen LogP contribution >= 0.6 is 8.86 Å². The van der Waals surface area contributed by atoms with E-state index >= 15 is 0 Å². The predicted octanol–water partition coefficient (Wildman–Crippen LogP) is 2.11. The van der Waals surface area contributed by atoms with E-state index in [1.165, 1.54) is 0 Å². The summed E-state index contributed by atoms with van der Waals surface area (Å²) in [5.41, 5.74) is 15.7. The number of carbonyl (C=O) groups excluding carboxylic acids is 1. The minimum atomic E-state index is -0.0402. The molecule has 0 bridgehead atoms. The number of benzene rings is 2. The van der Waals surface area contributed by atoms with Gasteiger partial charge in [0.05, 0.1) is 0 Å². The van der Waals surface area contributed by atoms with Crippen molar-refractivity contribution in [2.45, 2.75) is 0 Å². The van der Waals surface area contributed by atoms with Gasteiger partial charge in [-0.3, -0.25) is 4.79 Å². The number of ketones is 1. The van der Waals surface area contributed by atoms with Crippen LogP contribution in [0, 0.1) is 0 Å². The van der Waals surface area contributed by atoms with Crippen molar-refractivity contribution in [3.05, 3.63) is 58.7 Å². The fourth-order valence-electron chi connectivity index (χ4n) is 2.35. The molecule has 1 aliphatic carbocycles. The van der Waals surface area contributed by atoms with Crippen LogP contribution < -0.4 is 11.5 Å². The smallest absolute Gasteiger partial charge is 0.194 e. The van der Waals surface area contributed by atoms with Crippen LogP contribution in [-0.4, -0.2) is 11.1 Å². The third-order valence-electron chi connectivity index (χ3n) is 3.18. The lowest BCUT2D eigenvalue weighted by atomic mass is 9.83. The Bertz CT molecular complexity index is 649. The summed E-state index contributed by atoms with van der Waals surface area (Å²) in [5.74, 6) is -0.0402. The standard InChI is InChI=1S/C14H11N2OP/c15-9-5-1-3-7-11(9)14(18)12-8(13(7)17)4-2-6-10(12)16/h1-6,18H,15-16H2. The molecule has 0 fully saturated rings. The van der Waals surface area contributed by atoms with E-state index in [1.807, 2.05) is 0 Å². The molecule has 0 atom stereocenters. The first-order chi connectivity index (χ1) is 8.61. The van der Waals surface area contributed by atoms with Gasteiger partial charge in [0.2, 0.25) is 0 Å². The number of nitrogens with two attached hydrogens (primary N) is 2. The second-order valence-electron chi connectivity index (χ2n) is 4.24. The van der Waals surface area contributed by atoms with Crippen molar-refractivity contribution >= 4 is 31.3 Å². The molecule has 88 valence electrons. The van der Waals surface area contributed by atoms with Gasteiger partial charge in [0.1, 0.15) is 0 Å². The van der Waals surface area contributed by atoms with E-state index in [9.17, 15) is 4.79 Å². The second kappa shape index (κ2) is 3.69. The van der Waals surface area contributed by atoms with Crippen molar-refractivity contribution in [2.75, 3.05) is 11.5 Å². The van der Waals surface area contributed by atoms with Crippen LogP contribution in [0.15, 0.2) is 36.4 Å². The maximum absolute atomic E-state index is 12.4. The summed E-state index contributed by atoms with van der Waals surface area (Å²) in [6, 6.07) is 10.7. The molecular formula is C14H11N2OP. The zero-order chi connectivity index (χ0) is 12.9. The molecule has 4 N–H and O–H groups in total. The highest BCUT2D eigenvalue weighted by molar-refractivity contribution is 7.23. The molecule has 2 aromatic carbocycles. The molecule has 3 rings (SSSR count). The van der Waals surface area contributed by atoms with E-state index in [1.54, 1.807) is 36.4 Å². The van der Waals surface area contributed by atoms with Crippen molar-refractivity contribution in [1.29, 1.82) is 0 Å². The van der Waals surface area contributed by atoms with Crippen LogP contribution in [-0.2, 0) is 0 Å². The molecule has 0 unspecified atom stereocenters. The van der Waals surface area contributed by atoms with Crippen molar-refractivity contribution in [1.82, 2.24) is 0 Å². The van der Waals surface area contributed by atoms with Gasteiger partial charge in [0, 0.05) is 38.9 Å². The Balaban J connectivity index is 2.40. The number of hydrogen-bond acceptors (Lipinski definition) is 3. The van der Waals surface area contributed by atoms with E-state index in [4.69, 9.17) is 11.5 Å². The third-order valence-corrected chi connectivity index (χ3v) is 3.68. The summed E-state index contributed by atoms with van der Waals surface area (Å²) < 4.78 is 0. The van der Waals surface area contributed by atoms with Gasteiger partial charge in [-0.15, -0.1) is 8.86 Å². The van der Waals surface area contributed by atoms with Crippen LogP contribution in [0.2, 0.25) is 0 Å². The number of fused-ring (bicyclic) bond motifs is 2. The molecule has 0 heterocycles. The summed E-state index contributed by atoms with van der Waals surface area (Å²) in [6.45, 7) is 0. The number of carbonyl (C=O) groups is 1. The predicted molar refractivity (Wildman–Crippen MR) is 76.7 cm³/mol. The Morgan fingerprint density at radius 1 is 0.833 bits per heavy atom. The first-order valence-corrected chi connectivity index (χ1v) is 6.02. The van der Waals surface area contributed by atoms with Gasteiger partial charge in [-0.25, -0.2) is 0 Å². The highest BCUT2D eigenvalue weighted by atomic mass is 31.0. The van der Waals surface area contributed by atoms with Gasteiger partial charge in [0.25, 0.3) is 0 Å². The highest BCUT2D eigenvalue weighted by Crippen LogP contribution is 2.34. The minimum absolute atomic E-state index is 0.0402. The van der Waals surface area contributed by atoms with E-state index in [-0.39, 0.29) is 5.78 Å². The zero-order valence-electron chi connectivity index (χ0n) is 9.53. The summed E-state index contributed by atoms with van der Waals surface area (Å²) in [6.07, 6.45) is 0. The van der Waals surface area contributed by atoms with Crippen LogP contribution in [0.1, 0.15) is 27.0 Å². The minimum Gasteiger partial charge on any atom is -0.398 e. The largest absolute Gasteiger partial charge is 0.398 e. The lowest BCUT2D eigenvalue weighted by Gasteiger charge is -2.22. The molecule has 0 aromatic heterocycles. The van der Waals surface area contributed by atoms with E-state index in [2.05, 4.69) is 8.86 Å². The van der Waals surface area contributed by atoms with Crippen molar-refractivity contribution < 1.29 is 4.79 Å². The maximum Gasteiger partial charge on any atom is 0.194 e. The van der Waals surface area contributed by atoms with Gasteiger partial charge < -0.3 is 11.5 Å². The van der Waals surface area contributed by atoms with Crippen molar-refractivity contribution in [2.24, 2.45) is 0 Å². The Kier molecular flexibility index (Phi) is 2.25. The highest BCUT2D eigenvalue weighted by Gasteiger charge is 2.28. The molecule has 2 aromatic rings. The average Bonchev–Trinajstić information content (AvgIpc) is 2.35. The van der Waals surface area contributed by atoms with Crippen LogP contribution in [0.4, 0.5) is 11.4 Å². The SMILES string of the molecule is Nc1cccc2c1C(=P)c1c(N)cccc1C2=O. The fraction of sp³-hybridized carbons (Fsp3) is 0. The topological polar surface area (TPSA) is 69.1 Å². The molecule has 0 saturated heterocycles. The number of nitrogen functional groups attached to an aromatic ring is 2. The van der Waals surface area contributed by atoms with Crippen LogP contribution in [0.5, 0.6) is 0 Å².